The first-order valence-corrected chi connectivity index (χ1v) is 8.04. The van der Waals surface area contributed by atoms with Crippen LogP contribution in [0.15, 0.2) is 36.5 Å². The molecular weight excluding hydrogens is 282 g/mol. The van der Waals surface area contributed by atoms with E-state index in [4.69, 9.17) is 11.6 Å². The minimum absolute atomic E-state index is 0.278. The number of nitrogens with one attached hydrogen (secondary N) is 1. The number of benzene rings is 1. The molecular formula is C17H24ClN3. The second-order valence-corrected chi connectivity index (χ2v) is 5.85. The van der Waals surface area contributed by atoms with E-state index >= 15 is 0 Å². The Morgan fingerprint density at radius 3 is 2.43 bits per heavy atom. The van der Waals surface area contributed by atoms with Gasteiger partial charge < -0.3 is 5.32 Å². The lowest BCUT2D eigenvalue weighted by atomic mass is 10.1. The fourth-order valence-corrected chi connectivity index (χ4v) is 2.59. The molecule has 0 saturated carbocycles. The lowest BCUT2D eigenvalue weighted by Gasteiger charge is -2.14. The molecule has 0 saturated heterocycles. The number of aromatic nitrogens is 2. The van der Waals surface area contributed by atoms with Gasteiger partial charge in [0, 0.05) is 23.8 Å². The van der Waals surface area contributed by atoms with Crippen LogP contribution in [0.1, 0.15) is 57.0 Å². The Hall–Kier alpha value is -1.32. The summed E-state index contributed by atoms with van der Waals surface area (Å²) in [5, 5.41) is 8.94. The zero-order valence-electron chi connectivity index (χ0n) is 13.0. The monoisotopic (exact) mass is 305 g/mol. The molecule has 1 atom stereocenters. The highest BCUT2D eigenvalue weighted by atomic mass is 35.5. The number of nitrogens with zero attached hydrogens (tertiary/aromatic N) is 2. The standard InChI is InChI=1S/C17H24ClN3/c1-4-17(5-2)21-11-10-16(20-21)12-19-13(3)14-6-8-15(18)9-7-14/h6-11,13,17,19H,4-5,12H2,1-3H3/t13-/m1/s1. The van der Waals surface area contributed by atoms with E-state index in [9.17, 15) is 0 Å². The first kappa shape index (κ1) is 16.1. The summed E-state index contributed by atoms with van der Waals surface area (Å²) in [6.45, 7) is 7.34. The average Bonchev–Trinajstić information content (AvgIpc) is 2.96. The topological polar surface area (TPSA) is 29.9 Å². The van der Waals surface area contributed by atoms with Crippen LogP contribution in [-0.4, -0.2) is 9.78 Å². The molecule has 0 spiro atoms. The Bertz CT molecular complexity index is 543. The molecule has 3 nitrogen and oxygen atoms in total. The van der Waals surface area contributed by atoms with Gasteiger partial charge in [0.15, 0.2) is 0 Å². The molecule has 0 unspecified atom stereocenters. The van der Waals surface area contributed by atoms with Crippen molar-refractivity contribution in [1.82, 2.24) is 15.1 Å². The van der Waals surface area contributed by atoms with Crippen molar-refractivity contribution in [2.45, 2.75) is 52.2 Å². The van der Waals surface area contributed by atoms with Gasteiger partial charge >= 0.3 is 0 Å². The number of halogens is 1. The maximum atomic E-state index is 5.92. The lowest BCUT2D eigenvalue weighted by Crippen LogP contribution is -2.18. The van der Waals surface area contributed by atoms with E-state index in [-0.39, 0.29) is 6.04 Å². The van der Waals surface area contributed by atoms with Crippen molar-refractivity contribution in [3.63, 3.8) is 0 Å². The van der Waals surface area contributed by atoms with E-state index in [1.807, 2.05) is 12.1 Å². The minimum atomic E-state index is 0.278. The Kier molecular flexibility index (Phi) is 5.83. The Labute approximate surface area is 132 Å². The third-order valence-corrected chi connectivity index (χ3v) is 4.19. The molecule has 4 heteroatoms. The van der Waals surface area contributed by atoms with Crippen LogP contribution in [0.4, 0.5) is 0 Å². The van der Waals surface area contributed by atoms with Crippen LogP contribution in [0.3, 0.4) is 0 Å². The van der Waals surface area contributed by atoms with E-state index in [0.29, 0.717) is 6.04 Å². The molecule has 0 aliphatic heterocycles. The van der Waals surface area contributed by atoms with Crippen LogP contribution in [0, 0.1) is 0 Å². The SMILES string of the molecule is CCC(CC)n1ccc(CN[C@H](C)c2ccc(Cl)cc2)n1. The minimum Gasteiger partial charge on any atom is -0.304 e. The average molecular weight is 306 g/mol. The first-order valence-electron chi connectivity index (χ1n) is 7.66. The molecule has 0 radical (unpaired) electrons. The van der Waals surface area contributed by atoms with Gasteiger partial charge in [0.2, 0.25) is 0 Å². The van der Waals surface area contributed by atoms with Gasteiger partial charge in [-0.25, -0.2) is 0 Å². The van der Waals surface area contributed by atoms with E-state index in [0.717, 1.165) is 30.1 Å². The summed E-state index contributed by atoms with van der Waals surface area (Å²) in [7, 11) is 0. The van der Waals surface area contributed by atoms with Crippen molar-refractivity contribution in [2.75, 3.05) is 0 Å². The van der Waals surface area contributed by atoms with Crippen molar-refractivity contribution in [2.24, 2.45) is 0 Å². The van der Waals surface area contributed by atoms with Gasteiger partial charge in [-0.2, -0.15) is 5.10 Å². The smallest absolute Gasteiger partial charge is 0.0762 e. The van der Waals surface area contributed by atoms with Crippen LogP contribution in [0.25, 0.3) is 0 Å². The molecule has 21 heavy (non-hydrogen) atoms. The lowest BCUT2D eigenvalue weighted by molar-refractivity contribution is 0.423. The molecule has 0 bridgehead atoms. The van der Waals surface area contributed by atoms with Crippen LogP contribution in [0.2, 0.25) is 5.02 Å². The number of rotatable bonds is 7. The van der Waals surface area contributed by atoms with Crippen LogP contribution >= 0.6 is 11.6 Å². The second-order valence-electron chi connectivity index (χ2n) is 5.41. The zero-order chi connectivity index (χ0) is 15.2. The molecule has 0 aliphatic rings. The normalized spacial score (nSPS) is 12.8. The highest BCUT2D eigenvalue weighted by Gasteiger charge is 2.09. The molecule has 1 aromatic heterocycles. The Morgan fingerprint density at radius 2 is 1.81 bits per heavy atom. The number of hydrogen-bond acceptors (Lipinski definition) is 2. The maximum absolute atomic E-state index is 5.92. The molecule has 1 N–H and O–H groups in total. The molecule has 0 fully saturated rings. The van der Waals surface area contributed by atoms with Gasteiger partial charge in [0.05, 0.1) is 11.7 Å². The predicted octanol–water partition coefficient (Wildman–Crippen LogP) is 4.75. The van der Waals surface area contributed by atoms with E-state index < -0.39 is 0 Å². The van der Waals surface area contributed by atoms with Gasteiger partial charge in [-0.1, -0.05) is 37.6 Å². The summed E-state index contributed by atoms with van der Waals surface area (Å²) in [4.78, 5) is 0. The third-order valence-electron chi connectivity index (χ3n) is 3.94. The number of hydrogen-bond donors (Lipinski definition) is 1. The summed E-state index contributed by atoms with van der Waals surface area (Å²) in [6.07, 6.45) is 4.32. The Morgan fingerprint density at radius 1 is 1.14 bits per heavy atom. The molecule has 0 aliphatic carbocycles. The molecule has 1 heterocycles. The van der Waals surface area contributed by atoms with E-state index in [1.54, 1.807) is 0 Å². The summed E-state index contributed by atoms with van der Waals surface area (Å²) in [5.41, 5.74) is 2.32. The highest BCUT2D eigenvalue weighted by Crippen LogP contribution is 2.17. The molecule has 1 aromatic carbocycles. The summed E-state index contributed by atoms with van der Waals surface area (Å²) < 4.78 is 2.09. The molecule has 0 amide bonds. The maximum Gasteiger partial charge on any atom is 0.0762 e. The van der Waals surface area contributed by atoms with Crippen LogP contribution in [-0.2, 0) is 6.54 Å². The van der Waals surface area contributed by atoms with Crippen molar-refractivity contribution >= 4 is 11.6 Å². The van der Waals surface area contributed by atoms with Gasteiger partial charge in [0.25, 0.3) is 0 Å². The molecule has 2 aromatic rings. The predicted molar refractivity (Wildman–Crippen MR) is 88.6 cm³/mol. The van der Waals surface area contributed by atoms with E-state index in [1.165, 1.54) is 5.56 Å². The van der Waals surface area contributed by atoms with E-state index in [2.05, 4.69) is 60.3 Å². The van der Waals surface area contributed by atoms with Crippen molar-refractivity contribution in [3.8, 4) is 0 Å². The van der Waals surface area contributed by atoms with Gasteiger partial charge in [-0.15, -0.1) is 0 Å². The van der Waals surface area contributed by atoms with Gasteiger partial charge in [0.1, 0.15) is 0 Å². The fraction of sp³-hybridized carbons (Fsp3) is 0.471. The zero-order valence-corrected chi connectivity index (χ0v) is 13.8. The van der Waals surface area contributed by atoms with Crippen LogP contribution in [0.5, 0.6) is 0 Å². The summed E-state index contributed by atoms with van der Waals surface area (Å²) in [5.74, 6) is 0. The molecule has 114 valence electrons. The van der Waals surface area contributed by atoms with Crippen LogP contribution < -0.4 is 5.32 Å². The largest absolute Gasteiger partial charge is 0.304 e. The second kappa shape index (κ2) is 7.62. The van der Waals surface area contributed by atoms with Crippen molar-refractivity contribution in [3.05, 3.63) is 52.8 Å². The van der Waals surface area contributed by atoms with Crippen molar-refractivity contribution < 1.29 is 0 Å². The Balaban J connectivity index is 1.92. The van der Waals surface area contributed by atoms with Gasteiger partial charge in [-0.05, 0) is 43.5 Å². The first-order chi connectivity index (χ1) is 10.1. The third kappa shape index (κ3) is 4.32. The fourth-order valence-electron chi connectivity index (χ4n) is 2.46. The van der Waals surface area contributed by atoms with Crippen molar-refractivity contribution in [1.29, 1.82) is 0 Å². The summed E-state index contributed by atoms with van der Waals surface area (Å²) >= 11 is 5.92. The summed E-state index contributed by atoms with van der Waals surface area (Å²) in [6, 6.07) is 10.9. The quantitative estimate of drug-likeness (QED) is 0.800. The van der Waals surface area contributed by atoms with Gasteiger partial charge in [-0.3, -0.25) is 4.68 Å². The highest BCUT2D eigenvalue weighted by molar-refractivity contribution is 6.30. The molecule has 2 rings (SSSR count).